The zero-order chi connectivity index (χ0) is 17.5. The topological polar surface area (TPSA) is 70.6 Å². The van der Waals surface area contributed by atoms with Crippen LogP contribution in [-0.4, -0.2) is 30.4 Å². The summed E-state index contributed by atoms with van der Waals surface area (Å²) in [5.74, 6) is -1.43. The van der Waals surface area contributed by atoms with Crippen LogP contribution in [0.25, 0.3) is 0 Å². The standard InChI is InChI=1S/C17H18F2N2O3/c1-11-3-2-4-14(7-11)24-10-13(22)9-20-17(23)21-12-5-6-15(18)16(19)8-12/h2-8,13,22H,9-10H2,1H3,(H2,20,21,23). The van der Waals surface area contributed by atoms with Gasteiger partial charge in [0.05, 0.1) is 0 Å². The number of urea groups is 1. The summed E-state index contributed by atoms with van der Waals surface area (Å²) in [6.07, 6.45) is -0.916. The molecule has 0 saturated heterocycles. The predicted octanol–water partition coefficient (Wildman–Crippen LogP) is 2.83. The summed E-state index contributed by atoms with van der Waals surface area (Å²) in [7, 11) is 0. The molecule has 2 aromatic rings. The molecule has 2 amide bonds. The molecule has 0 aliphatic rings. The van der Waals surface area contributed by atoms with Crippen molar-refractivity contribution in [1.82, 2.24) is 5.32 Å². The SMILES string of the molecule is Cc1cccc(OCC(O)CNC(=O)Nc2ccc(F)c(F)c2)c1. The van der Waals surface area contributed by atoms with Gasteiger partial charge >= 0.3 is 6.03 Å². The number of aliphatic hydroxyl groups excluding tert-OH is 1. The second-order valence-corrected chi connectivity index (χ2v) is 5.25. The first kappa shape index (κ1) is 17.7. The molecule has 0 spiro atoms. The summed E-state index contributed by atoms with van der Waals surface area (Å²) in [4.78, 5) is 11.6. The van der Waals surface area contributed by atoms with Gasteiger partial charge in [0.25, 0.3) is 0 Å². The molecule has 2 aromatic carbocycles. The second kappa shape index (κ2) is 8.26. The maximum atomic E-state index is 13.0. The Balaban J connectivity index is 1.73. The van der Waals surface area contributed by atoms with Crippen molar-refractivity contribution in [2.75, 3.05) is 18.5 Å². The Morgan fingerprint density at radius 2 is 2.00 bits per heavy atom. The molecule has 7 heteroatoms. The molecule has 128 valence electrons. The third-order valence-corrected chi connectivity index (χ3v) is 3.11. The molecule has 3 N–H and O–H groups in total. The summed E-state index contributed by atoms with van der Waals surface area (Å²) in [6.45, 7) is 1.88. The number of carbonyl (C=O) groups is 1. The van der Waals surface area contributed by atoms with Crippen LogP contribution in [0, 0.1) is 18.6 Å². The molecule has 0 heterocycles. The van der Waals surface area contributed by atoms with Crippen LogP contribution in [0.2, 0.25) is 0 Å². The van der Waals surface area contributed by atoms with Crippen molar-refractivity contribution in [1.29, 1.82) is 0 Å². The van der Waals surface area contributed by atoms with E-state index < -0.39 is 23.8 Å². The molecule has 1 unspecified atom stereocenters. The van der Waals surface area contributed by atoms with Gasteiger partial charge in [-0.2, -0.15) is 0 Å². The van der Waals surface area contributed by atoms with Gasteiger partial charge in [0.15, 0.2) is 11.6 Å². The van der Waals surface area contributed by atoms with E-state index in [0.29, 0.717) is 5.75 Å². The Bertz CT molecular complexity index is 710. The van der Waals surface area contributed by atoms with Gasteiger partial charge in [-0.15, -0.1) is 0 Å². The van der Waals surface area contributed by atoms with E-state index in [1.807, 2.05) is 25.1 Å². The van der Waals surface area contributed by atoms with Crippen LogP contribution in [0.3, 0.4) is 0 Å². The zero-order valence-corrected chi connectivity index (χ0v) is 13.1. The van der Waals surface area contributed by atoms with Crippen LogP contribution in [0.5, 0.6) is 5.75 Å². The molecule has 1 atom stereocenters. The minimum atomic E-state index is -1.06. The number of hydrogen-bond donors (Lipinski definition) is 3. The number of hydrogen-bond acceptors (Lipinski definition) is 3. The lowest BCUT2D eigenvalue weighted by Gasteiger charge is -2.14. The molecule has 24 heavy (non-hydrogen) atoms. The smallest absolute Gasteiger partial charge is 0.319 e. The first-order valence-electron chi connectivity index (χ1n) is 7.31. The fourth-order valence-electron chi connectivity index (χ4n) is 1.92. The number of aliphatic hydroxyl groups is 1. The Hall–Kier alpha value is -2.67. The average Bonchev–Trinajstić information content (AvgIpc) is 2.54. The maximum absolute atomic E-state index is 13.0. The lowest BCUT2D eigenvalue weighted by atomic mass is 10.2. The monoisotopic (exact) mass is 336 g/mol. The van der Waals surface area contributed by atoms with Crippen molar-refractivity contribution in [3.63, 3.8) is 0 Å². The van der Waals surface area contributed by atoms with Gasteiger partial charge in [0, 0.05) is 18.3 Å². The molecule has 0 fully saturated rings. The number of amides is 2. The van der Waals surface area contributed by atoms with Crippen molar-refractivity contribution >= 4 is 11.7 Å². The van der Waals surface area contributed by atoms with Crippen molar-refractivity contribution in [2.45, 2.75) is 13.0 Å². The van der Waals surface area contributed by atoms with Crippen LogP contribution in [0.4, 0.5) is 19.3 Å². The van der Waals surface area contributed by atoms with E-state index in [4.69, 9.17) is 4.74 Å². The van der Waals surface area contributed by atoms with Gasteiger partial charge in [-0.05, 0) is 36.8 Å². The quantitative estimate of drug-likeness (QED) is 0.760. The second-order valence-electron chi connectivity index (χ2n) is 5.25. The molecule has 0 aliphatic carbocycles. The minimum Gasteiger partial charge on any atom is -0.491 e. The molecule has 0 saturated carbocycles. The van der Waals surface area contributed by atoms with E-state index in [-0.39, 0.29) is 18.8 Å². The van der Waals surface area contributed by atoms with E-state index in [2.05, 4.69) is 10.6 Å². The average molecular weight is 336 g/mol. The maximum Gasteiger partial charge on any atom is 0.319 e. The third-order valence-electron chi connectivity index (χ3n) is 3.11. The fourth-order valence-corrected chi connectivity index (χ4v) is 1.92. The van der Waals surface area contributed by atoms with Crippen LogP contribution in [0.15, 0.2) is 42.5 Å². The molecule has 0 aromatic heterocycles. The summed E-state index contributed by atoms with van der Waals surface area (Å²) >= 11 is 0. The molecule has 5 nitrogen and oxygen atoms in total. The third kappa shape index (κ3) is 5.51. The molecule has 0 radical (unpaired) electrons. The van der Waals surface area contributed by atoms with E-state index in [0.717, 1.165) is 17.7 Å². The van der Waals surface area contributed by atoms with Crippen LogP contribution in [0.1, 0.15) is 5.56 Å². The van der Waals surface area contributed by atoms with E-state index in [9.17, 15) is 18.7 Å². The molecule has 0 aliphatic heterocycles. The van der Waals surface area contributed by atoms with Crippen molar-refractivity contribution in [3.8, 4) is 5.75 Å². The van der Waals surface area contributed by atoms with Crippen molar-refractivity contribution in [2.24, 2.45) is 0 Å². The summed E-state index contributed by atoms with van der Waals surface area (Å²) in [5, 5.41) is 14.6. The number of aryl methyl sites for hydroxylation is 1. The first-order valence-corrected chi connectivity index (χ1v) is 7.31. The highest BCUT2D eigenvalue weighted by molar-refractivity contribution is 5.89. The van der Waals surface area contributed by atoms with Gasteiger partial charge in [-0.3, -0.25) is 0 Å². The zero-order valence-electron chi connectivity index (χ0n) is 13.1. The highest BCUT2D eigenvalue weighted by Crippen LogP contribution is 2.13. The molecular formula is C17H18F2N2O3. The van der Waals surface area contributed by atoms with Crippen molar-refractivity contribution in [3.05, 3.63) is 59.7 Å². The van der Waals surface area contributed by atoms with Crippen LogP contribution in [-0.2, 0) is 0 Å². The summed E-state index contributed by atoms with van der Waals surface area (Å²) in [5.41, 5.74) is 1.14. The van der Waals surface area contributed by atoms with Gasteiger partial charge < -0.3 is 20.5 Å². The van der Waals surface area contributed by atoms with E-state index >= 15 is 0 Å². The number of benzene rings is 2. The Labute approximate surface area is 138 Å². The fraction of sp³-hybridized carbons (Fsp3) is 0.235. The normalized spacial score (nSPS) is 11.7. The Morgan fingerprint density at radius 1 is 1.21 bits per heavy atom. The lowest BCUT2D eigenvalue weighted by molar-refractivity contribution is 0.108. The minimum absolute atomic E-state index is 0.00884. The number of nitrogens with one attached hydrogen (secondary N) is 2. The summed E-state index contributed by atoms with van der Waals surface area (Å²) < 4.78 is 31.2. The Morgan fingerprint density at radius 3 is 2.71 bits per heavy atom. The lowest BCUT2D eigenvalue weighted by Crippen LogP contribution is -2.37. The molecular weight excluding hydrogens is 318 g/mol. The first-order chi connectivity index (χ1) is 11.4. The largest absolute Gasteiger partial charge is 0.491 e. The predicted molar refractivity (Wildman–Crippen MR) is 86.1 cm³/mol. The van der Waals surface area contributed by atoms with Crippen molar-refractivity contribution < 1.29 is 23.4 Å². The number of anilines is 1. The number of ether oxygens (including phenoxy) is 1. The van der Waals surface area contributed by atoms with Gasteiger partial charge in [-0.25, -0.2) is 13.6 Å². The van der Waals surface area contributed by atoms with E-state index in [1.165, 1.54) is 6.07 Å². The van der Waals surface area contributed by atoms with Gasteiger partial charge in [0.2, 0.25) is 0 Å². The van der Waals surface area contributed by atoms with Gasteiger partial charge in [-0.1, -0.05) is 12.1 Å². The molecule has 2 rings (SSSR count). The van der Waals surface area contributed by atoms with E-state index in [1.54, 1.807) is 6.07 Å². The highest BCUT2D eigenvalue weighted by Gasteiger charge is 2.09. The van der Waals surface area contributed by atoms with Crippen LogP contribution < -0.4 is 15.4 Å². The van der Waals surface area contributed by atoms with Crippen LogP contribution >= 0.6 is 0 Å². The number of rotatable bonds is 6. The van der Waals surface area contributed by atoms with Gasteiger partial charge in [0.1, 0.15) is 18.5 Å². The number of carbonyl (C=O) groups excluding carboxylic acids is 1. The number of halogens is 2. The highest BCUT2D eigenvalue weighted by atomic mass is 19.2. The Kier molecular flexibility index (Phi) is 6.08. The summed E-state index contributed by atoms with van der Waals surface area (Å²) in [6, 6.07) is 9.73. The molecule has 0 bridgehead atoms.